The van der Waals surface area contributed by atoms with E-state index in [9.17, 15) is 4.79 Å². The number of carbonyl (C=O) groups is 1. The molecule has 6 nitrogen and oxygen atoms in total. The summed E-state index contributed by atoms with van der Waals surface area (Å²) < 4.78 is 1.62. The standard InChI is InChI=1S/C15H17N5OS/c1-9-6-14-16-5-4-13(20(14)19-9)18-15(21)17-7-12-8-22-11(3)10(12)2/h4-6,8H,7H2,1-3H3,(H2,17,18,21). The van der Waals surface area contributed by atoms with E-state index < -0.39 is 0 Å². The fourth-order valence-electron chi connectivity index (χ4n) is 2.18. The van der Waals surface area contributed by atoms with E-state index in [0.717, 1.165) is 11.3 Å². The van der Waals surface area contributed by atoms with Crippen molar-refractivity contribution < 1.29 is 4.79 Å². The van der Waals surface area contributed by atoms with E-state index in [2.05, 4.69) is 39.9 Å². The summed E-state index contributed by atoms with van der Waals surface area (Å²) in [5.41, 5.74) is 3.94. The summed E-state index contributed by atoms with van der Waals surface area (Å²) in [6.07, 6.45) is 1.65. The van der Waals surface area contributed by atoms with Crippen LogP contribution >= 0.6 is 11.3 Å². The molecule has 22 heavy (non-hydrogen) atoms. The van der Waals surface area contributed by atoms with Gasteiger partial charge in [0.05, 0.1) is 5.69 Å². The minimum Gasteiger partial charge on any atom is -0.334 e. The number of anilines is 1. The Morgan fingerprint density at radius 3 is 2.91 bits per heavy atom. The SMILES string of the molecule is Cc1cc2nccc(NC(=O)NCc3csc(C)c3C)n2n1. The fraction of sp³-hybridized carbons (Fsp3) is 0.267. The lowest BCUT2D eigenvalue weighted by atomic mass is 10.2. The van der Waals surface area contributed by atoms with Gasteiger partial charge in [0.2, 0.25) is 0 Å². The van der Waals surface area contributed by atoms with Crippen molar-refractivity contribution in [3.05, 3.63) is 45.4 Å². The Labute approximate surface area is 132 Å². The lowest BCUT2D eigenvalue weighted by Gasteiger charge is -2.08. The molecule has 0 bridgehead atoms. The van der Waals surface area contributed by atoms with Crippen LogP contribution in [0.4, 0.5) is 10.6 Å². The summed E-state index contributed by atoms with van der Waals surface area (Å²) in [5.74, 6) is 0.592. The molecule has 0 aliphatic rings. The quantitative estimate of drug-likeness (QED) is 0.780. The molecule has 0 aromatic carbocycles. The number of aryl methyl sites for hydroxylation is 2. The topological polar surface area (TPSA) is 71.3 Å². The minimum atomic E-state index is -0.260. The second kappa shape index (κ2) is 5.76. The van der Waals surface area contributed by atoms with Gasteiger partial charge in [-0.3, -0.25) is 5.32 Å². The van der Waals surface area contributed by atoms with Crippen LogP contribution in [0.2, 0.25) is 0 Å². The third-order valence-electron chi connectivity index (χ3n) is 3.55. The van der Waals surface area contributed by atoms with Gasteiger partial charge in [-0.2, -0.15) is 9.61 Å². The largest absolute Gasteiger partial charge is 0.334 e. The highest BCUT2D eigenvalue weighted by Gasteiger charge is 2.09. The lowest BCUT2D eigenvalue weighted by Crippen LogP contribution is -2.29. The first-order valence-electron chi connectivity index (χ1n) is 6.94. The molecule has 0 saturated heterocycles. The number of hydrogen-bond donors (Lipinski definition) is 2. The number of rotatable bonds is 3. The summed E-state index contributed by atoms with van der Waals surface area (Å²) in [7, 11) is 0. The summed E-state index contributed by atoms with van der Waals surface area (Å²) in [6, 6.07) is 3.32. The highest BCUT2D eigenvalue weighted by Crippen LogP contribution is 2.20. The second-order valence-corrected chi connectivity index (χ2v) is 6.22. The maximum atomic E-state index is 12.1. The number of nitrogens with zero attached hydrogens (tertiary/aromatic N) is 3. The van der Waals surface area contributed by atoms with Gasteiger partial charge in [-0.05, 0) is 43.3 Å². The summed E-state index contributed by atoms with van der Waals surface area (Å²) in [6.45, 7) is 6.55. The number of thiophene rings is 1. The summed E-state index contributed by atoms with van der Waals surface area (Å²) >= 11 is 1.70. The number of nitrogens with one attached hydrogen (secondary N) is 2. The maximum Gasteiger partial charge on any atom is 0.320 e. The van der Waals surface area contributed by atoms with Crippen LogP contribution in [-0.2, 0) is 6.54 Å². The summed E-state index contributed by atoms with van der Waals surface area (Å²) in [5, 5.41) is 12.1. The average Bonchev–Trinajstić information content (AvgIpc) is 3.01. The van der Waals surface area contributed by atoms with Crippen molar-refractivity contribution in [2.24, 2.45) is 0 Å². The van der Waals surface area contributed by atoms with E-state index in [0.29, 0.717) is 18.0 Å². The minimum absolute atomic E-state index is 0.260. The van der Waals surface area contributed by atoms with Crippen LogP contribution in [0.3, 0.4) is 0 Å². The highest BCUT2D eigenvalue weighted by molar-refractivity contribution is 7.10. The van der Waals surface area contributed by atoms with Gasteiger partial charge >= 0.3 is 6.03 Å². The normalized spacial score (nSPS) is 10.9. The van der Waals surface area contributed by atoms with Crippen molar-refractivity contribution >= 4 is 28.8 Å². The Morgan fingerprint density at radius 1 is 1.36 bits per heavy atom. The Morgan fingerprint density at radius 2 is 2.18 bits per heavy atom. The van der Waals surface area contributed by atoms with Gasteiger partial charge in [-0.1, -0.05) is 0 Å². The molecule has 2 N–H and O–H groups in total. The van der Waals surface area contributed by atoms with E-state index in [1.165, 1.54) is 10.4 Å². The number of hydrogen-bond acceptors (Lipinski definition) is 4. The van der Waals surface area contributed by atoms with Crippen molar-refractivity contribution in [3.8, 4) is 0 Å². The van der Waals surface area contributed by atoms with Crippen LogP contribution in [0.25, 0.3) is 5.65 Å². The van der Waals surface area contributed by atoms with Gasteiger partial charge in [-0.15, -0.1) is 11.3 Å². The Bertz CT molecular complexity index is 836. The predicted octanol–water partition coefficient (Wildman–Crippen LogP) is 3.04. The number of fused-ring (bicyclic) bond motifs is 1. The zero-order valence-corrected chi connectivity index (χ0v) is 13.5. The fourth-order valence-corrected chi connectivity index (χ4v) is 3.06. The molecule has 0 spiro atoms. The van der Waals surface area contributed by atoms with Gasteiger partial charge in [0.15, 0.2) is 5.65 Å². The molecule has 3 aromatic heterocycles. The summed E-state index contributed by atoms with van der Waals surface area (Å²) in [4.78, 5) is 17.6. The van der Waals surface area contributed by atoms with Crippen molar-refractivity contribution in [2.75, 3.05) is 5.32 Å². The molecule has 0 unspecified atom stereocenters. The van der Waals surface area contributed by atoms with Crippen LogP contribution in [-0.4, -0.2) is 20.6 Å². The molecule has 0 fully saturated rings. The van der Waals surface area contributed by atoms with Crippen LogP contribution in [0.15, 0.2) is 23.7 Å². The molecule has 0 radical (unpaired) electrons. The van der Waals surface area contributed by atoms with Gasteiger partial charge in [0.1, 0.15) is 5.82 Å². The van der Waals surface area contributed by atoms with Crippen molar-refractivity contribution in [1.29, 1.82) is 0 Å². The molecule has 3 aromatic rings. The first-order valence-corrected chi connectivity index (χ1v) is 7.82. The Balaban J connectivity index is 1.69. The van der Waals surface area contributed by atoms with E-state index in [1.807, 2.05) is 13.0 Å². The number of amides is 2. The highest BCUT2D eigenvalue weighted by atomic mass is 32.1. The molecular formula is C15H17N5OS. The number of carbonyl (C=O) groups excluding carboxylic acids is 1. The monoisotopic (exact) mass is 315 g/mol. The Kier molecular flexibility index (Phi) is 3.81. The number of aromatic nitrogens is 3. The molecule has 114 valence electrons. The van der Waals surface area contributed by atoms with Gasteiger partial charge in [0, 0.05) is 23.7 Å². The van der Waals surface area contributed by atoms with Crippen LogP contribution < -0.4 is 10.6 Å². The van der Waals surface area contributed by atoms with E-state index in [-0.39, 0.29) is 6.03 Å². The predicted molar refractivity (Wildman–Crippen MR) is 87.4 cm³/mol. The van der Waals surface area contributed by atoms with Crippen molar-refractivity contribution in [3.63, 3.8) is 0 Å². The van der Waals surface area contributed by atoms with E-state index in [1.54, 1.807) is 28.1 Å². The third-order valence-corrected chi connectivity index (χ3v) is 4.61. The molecule has 2 amide bonds. The molecule has 3 rings (SSSR count). The molecular weight excluding hydrogens is 298 g/mol. The van der Waals surface area contributed by atoms with Gasteiger partial charge in [0.25, 0.3) is 0 Å². The first kappa shape index (κ1) is 14.5. The lowest BCUT2D eigenvalue weighted by molar-refractivity contribution is 0.251. The van der Waals surface area contributed by atoms with Crippen molar-refractivity contribution in [1.82, 2.24) is 19.9 Å². The van der Waals surface area contributed by atoms with Gasteiger partial charge < -0.3 is 5.32 Å². The van der Waals surface area contributed by atoms with Crippen LogP contribution in [0, 0.1) is 20.8 Å². The maximum absolute atomic E-state index is 12.1. The number of urea groups is 1. The van der Waals surface area contributed by atoms with Gasteiger partial charge in [-0.25, -0.2) is 9.78 Å². The van der Waals surface area contributed by atoms with E-state index in [4.69, 9.17) is 0 Å². The Hall–Kier alpha value is -2.41. The average molecular weight is 315 g/mol. The zero-order valence-electron chi connectivity index (χ0n) is 12.7. The van der Waals surface area contributed by atoms with Crippen LogP contribution in [0.1, 0.15) is 21.7 Å². The third kappa shape index (κ3) is 2.80. The first-order chi connectivity index (χ1) is 10.5. The zero-order chi connectivity index (χ0) is 15.7. The molecule has 0 aliphatic heterocycles. The molecule has 7 heteroatoms. The second-order valence-electron chi connectivity index (χ2n) is 5.14. The molecule has 0 atom stereocenters. The molecule has 0 aliphatic carbocycles. The molecule has 3 heterocycles. The molecule has 0 saturated carbocycles. The van der Waals surface area contributed by atoms with Crippen molar-refractivity contribution in [2.45, 2.75) is 27.3 Å². The smallest absolute Gasteiger partial charge is 0.320 e. The van der Waals surface area contributed by atoms with Crippen LogP contribution in [0.5, 0.6) is 0 Å². The van der Waals surface area contributed by atoms with E-state index >= 15 is 0 Å².